The van der Waals surface area contributed by atoms with Gasteiger partial charge in [-0.25, -0.2) is 4.99 Å². The zero-order valence-corrected chi connectivity index (χ0v) is 20.9. The van der Waals surface area contributed by atoms with Crippen LogP contribution in [0.25, 0.3) is 0 Å². The number of nitrogens with one attached hydrogen (secondary N) is 2. The molecule has 0 saturated heterocycles. The molecule has 0 spiro atoms. The first-order chi connectivity index (χ1) is 14.2. The third-order valence-electron chi connectivity index (χ3n) is 5.47. The number of halogens is 1. The van der Waals surface area contributed by atoms with Crippen molar-refractivity contribution in [3.63, 3.8) is 0 Å². The molecule has 30 heavy (non-hydrogen) atoms. The molecular weight excluding hydrogens is 497 g/mol. The summed E-state index contributed by atoms with van der Waals surface area (Å²) in [5.74, 6) is 2.10. The number of guanidine groups is 1. The molecule has 8 heteroatoms. The first-order valence-electron chi connectivity index (χ1n) is 10.6. The number of hydrogen-bond acceptors (Lipinski definition) is 5. The van der Waals surface area contributed by atoms with Gasteiger partial charge in [0.2, 0.25) is 0 Å². The number of nitrogens with zero attached hydrogens (tertiary/aromatic N) is 1. The second-order valence-electron chi connectivity index (χ2n) is 7.56. The van der Waals surface area contributed by atoms with Gasteiger partial charge in [0.1, 0.15) is 6.61 Å². The predicted molar refractivity (Wildman–Crippen MR) is 131 cm³/mol. The molecule has 172 valence electrons. The zero-order chi connectivity index (χ0) is 21.0. The number of aliphatic hydroxyl groups excluding tert-OH is 1. The predicted octanol–water partition coefficient (Wildman–Crippen LogP) is 3.34. The Morgan fingerprint density at radius 2 is 1.90 bits per heavy atom. The molecule has 0 unspecified atom stereocenters. The molecule has 1 aromatic rings. The highest BCUT2D eigenvalue weighted by Crippen LogP contribution is 2.40. The highest BCUT2D eigenvalue weighted by molar-refractivity contribution is 14.0. The summed E-state index contributed by atoms with van der Waals surface area (Å²) in [6.07, 6.45) is 6.17. The van der Waals surface area contributed by atoms with Crippen LogP contribution in [0.5, 0.6) is 11.5 Å². The smallest absolute Gasteiger partial charge is 0.191 e. The lowest BCUT2D eigenvalue weighted by atomic mass is 9.83. The van der Waals surface area contributed by atoms with Crippen LogP contribution >= 0.6 is 24.0 Å². The Bertz CT molecular complexity index is 637. The van der Waals surface area contributed by atoms with Gasteiger partial charge in [-0.3, -0.25) is 0 Å². The molecular formula is C22H38IN3O4. The topological polar surface area (TPSA) is 84.3 Å². The molecule has 0 aromatic heterocycles. The second-order valence-corrected chi connectivity index (χ2v) is 7.56. The molecule has 0 bridgehead atoms. The normalized spacial score (nSPS) is 15.4. The second kappa shape index (κ2) is 14.7. The third-order valence-corrected chi connectivity index (χ3v) is 5.47. The number of hydrogen-bond donors (Lipinski definition) is 3. The maximum atomic E-state index is 8.93. The monoisotopic (exact) mass is 535 g/mol. The molecule has 1 aliphatic rings. The standard InChI is InChI=1S/C22H37N3O4.HI/c1-4-23-21(25-17-22(11-13-27-2)9-5-6-10-22)24-16-18-7-8-19(29-14-12-26)20(15-18)28-3;/h7-8,15,26H,4-6,9-14,16-17H2,1-3H3,(H2,23,24,25);1H. The summed E-state index contributed by atoms with van der Waals surface area (Å²) in [7, 11) is 3.39. The zero-order valence-electron chi connectivity index (χ0n) is 18.5. The first kappa shape index (κ1) is 26.8. The Hall–Kier alpha value is -1.26. The fourth-order valence-electron chi connectivity index (χ4n) is 3.83. The van der Waals surface area contributed by atoms with Crippen LogP contribution in [0, 0.1) is 5.41 Å². The molecule has 1 aliphatic carbocycles. The largest absolute Gasteiger partial charge is 0.493 e. The van der Waals surface area contributed by atoms with Crippen LogP contribution in [0.4, 0.5) is 0 Å². The van der Waals surface area contributed by atoms with Crippen molar-refractivity contribution < 1.29 is 19.3 Å². The summed E-state index contributed by atoms with van der Waals surface area (Å²) in [6, 6.07) is 5.76. The van der Waals surface area contributed by atoms with Gasteiger partial charge in [0.15, 0.2) is 17.5 Å². The van der Waals surface area contributed by atoms with Crippen molar-refractivity contribution in [1.82, 2.24) is 10.6 Å². The lowest BCUT2D eigenvalue weighted by molar-refractivity contribution is 0.138. The van der Waals surface area contributed by atoms with E-state index >= 15 is 0 Å². The molecule has 0 aliphatic heterocycles. The molecule has 7 nitrogen and oxygen atoms in total. The summed E-state index contributed by atoms with van der Waals surface area (Å²) in [5, 5.41) is 15.8. The van der Waals surface area contributed by atoms with Gasteiger partial charge in [-0.1, -0.05) is 18.9 Å². The Morgan fingerprint density at radius 1 is 1.13 bits per heavy atom. The average Bonchev–Trinajstić information content (AvgIpc) is 3.22. The summed E-state index contributed by atoms with van der Waals surface area (Å²) < 4.78 is 16.2. The van der Waals surface area contributed by atoms with Crippen LogP contribution in [-0.2, 0) is 11.3 Å². The summed E-state index contributed by atoms with van der Waals surface area (Å²) in [4.78, 5) is 4.75. The van der Waals surface area contributed by atoms with Crippen molar-refractivity contribution in [2.45, 2.75) is 45.6 Å². The molecule has 1 saturated carbocycles. The van der Waals surface area contributed by atoms with Crippen molar-refractivity contribution in [2.75, 3.05) is 47.1 Å². The summed E-state index contributed by atoms with van der Waals surface area (Å²) >= 11 is 0. The number of methoxy groups -OCH3 is 2. The maximum Gasteiger partial charge on any atom is 0.191 e. The minimum absolute atomic E-state index is 0. The quantitative estimate of drug-likeness (QED) is 0.216. The minimum atomic E-state index is -0.0290. The Labute approximate surface area is 198 Å². The van der Waals surface area contributed by atoms with E-state index in [1.807, 2.05) is 18.2 Å². The minimum Gasteiger partial charge on any atom is -0.493 e. The van der Waals surface area contributed by atoms with Gasteiger partial charge in [-0.2, -0.15) is 0 Å². The highest BCUT2D eigenvalue weighted by Gasteiger charge is 2.33. The lowest BCUT2D eigenvalue weighted by Crippen LogP contribution is -2.43. The molecule has 3 N–H and O–H groups in total. The van der Waals surface area contributed by atoms with Gasteiger partial charge in [0.05, 0.1) is 20.3 Å². The molecule has 0 heterocycles. The number of benzene rings is 1. The number of aliphatic imine (C=N–C) groups is 1. The average molecular weight is 535 g/mol. The molecule has 2 rings (SSSR count). The van der Waals surface area contributed by atoms with E-state index in [1.54, 1.807) is 14.2 Å². The number of aliphatic hydroxyl groups is 1. The Kier molecular flexibility index (Phi) is 13.1. The fraction of sp³-hybridized carbons (Fsp3) is 0.682. The summed E-state index contributed by atoms with van der Waals surface area (Å²) in [6.45, 7) is 5.36. The van der Waals surface area contributed by atoms with Gasteiger partial charge in [0.25, 0.3) is 0 Å². The molecule has 0 radical (unpaired) electrons. The van der Waals surface area contributed by atoms with E-state index in [2.05, 4.69) is 17.6 Å². The SMILES string of the molecule is CCNC(=NCc1ccc(OCCO)c(OC)c1)NCC1(CCOC)CCCC1.I. The van der Waals surface area contributed by atoms with E-state index in [1.165, 1.54) is 25.7 Å². The van der Waals surface area contributed by atoms with Gasteiger partial charge in [-0.05, 0) is 49.3 Å². The Balaban J connectivity index is 0.00000450. The number of ether oxygens (including phenoxy) is 3. The maximum absolute atomic E-state index is 8.93. The summed E-state index contributed by atoms with van der Waals surface area (Å²) in [5.41, 5.74) is 1.34. The third kappa shape index (κ3) is 8.47. The van der Waals surface area contributed by atoms with Gasteiger partial charge >= 0.3 is 0 Å². The van der Waals surface area contributed by atoms with Crippen molar-refractivity contribution in [3.05, 3.63) is 23.8 Å². The van der Waals surface area contributed by atoms with Crippen molar-refractivity contribution in [2.24, 2.45) is 10.4 Å². The number of rotatable bonds is 12. The molecule has 1 fully saturated rings. The van der Waals surface area contributed by atoms with Crippen LogP contribution < -0.4 is 20.1 Å². The van der Waals surface area contributed by atoms with Gasteiger partial charge < -0.3 is 30.0 Å². The van der Waals surface area contributed by atoms with E-state index in [0.29, 0.717) is 23.5 Å². The van der Waals surface area contributed by atoms with E-state index in [4.69, 9.17) is 24.3 Å². The van der Waals surface area contributed by atoms with Crippen LogP contribution in [-0.4, -0.2) is 58.2 Å². The molecule has 0 amide bonds. The van der Waals surface area contributed by atoms with Gasteiger partial charge in [-0.15, -0.1) is 24.0 Å². The first-order valence-corrected chi connectivity index (χ1v) is 10.6. The Morgan fingerprint density at radius 3 is 2.53 bits per heavy atom. The highest BCUT2D eigenvalue weighted by atomic mass is 127. The van der Waals surface area contributed by atoms with E-state index in [9.17, 15) is 0 Å². The van der Waals surface area contributed by atoms with E-state index < -0.39 is 0 Å². The van der Waals surface area contributed by atoms with Crippen LogP contribution in [0.3, 0.4) is 0 Å². The van der Waals surface area contributed by atoms with Crippen molar-refractivity contribution in [1.29, 1.82) is 0 Å². The van der Waals surface area contributed by atoms with Crippen LogP contribution in [0.1, 0.15) is 44.6 Å². The molecule has 1 aromatic carbocycles. The van der Waals surface area contributed by atoms with E-state index in [-0.39, 0.29) is 37.2 Å². The van der Waals surface area contributed by atoms with Crippen LogP contribution in [0.15, 0.2) is 23.2 Å². The van der Waals surface area contributed by atoms with E-state index in [0.717, 1.165) is 37.6 Å². The van der Waals surface area contributed by atoms with Gasteiger partial charge in [0, 0.05) is 26.8 Å². The molecule has 0 atom stereocenters. The van der Waals surface area contributed by atoms with Crippen molar-refractivity contribution in [3.8, 4) is 11.5 Å². The van der Waals surface area contributed by atoms with Crippen LogP contribution in [0.2, 0.25) is 0 Å². The lowest BCUT2D eigenvalue weighted by Gasteiger charge is -2.30. The fourth-order valence-corrected chi connectivity index (χ4v) is 3.83. The van der Waals surface area contributed by atoms with Crippen molar-refractivity contribution >= 4 is 29.9 Å².